The van der Waals surface area contributed by atoms with Crippen LogP contribution < -0.4 is 10.6 Å². The summed E-state index contributed by atoms with van der Waals surface area (Å²) in [5, 5.41) is 14.8. The van der Waals surface area contributed by atoms with Gasteiger partial charge in [0.2, 0.25) is 5.91 Å². The number of aliphatic carboxylic acids is 1. The number of carbonyl (C=O) groups is 3. The summed E-state index contributed by atoms with van der Waals surface area (Å²) in [7, 11) is 0. The highest BCUT2D eigenvalue weighted by Crippen LogP contribution is 2.44. The quantitative estimate of drug-likeness (QED) is 0.458. The third-order valence-corrected chi connectivity index (χ3v) is 6.73. The monoisotopic (exact) mass is 476 g/mol. The summed E-state index contributed by atoms with van der Waals surface area (Å²) in [5.74, 6) is -1.20. The Kier molecular flexibility index (Phi) is 7.85. The van der Waals surface area contributed by atoms with Crippen molar-refractivity contribution in [3.05, 3.63) is 71.3 Å². The van der Waals surface area contributed by atoms with Crippen LogP contribution in [0.25, 0.3) is 11.1 Å². The fraction of sp³-hybridized carbons (Fsp3) is 0.393. The van der Waals surface area contributed by atoms with Gasteiger partial charge in [-0.25, -0.2) is 4.79 Å². The number of rotatable bonds is 10. The number of hydrogen-bond acceptors (Lipinski definition) is 4. The Balaban J connectivity index is 1.27. The highest BCUT2D eigenvalue weighted by Gasteiger charge is 2.30. The first kappa shape index (κ1) is 24.5. The van der Waals surface area contributed by atoms with Crippen LogP contribution >= 0.6 is 0 Å². The molecule has 0 saturated heterocycles. The van der Waals surface area contributed by atoms with Crippen LogP contribution in [0.4, 0.5) is 4.79 Å². The van der Waals surface area contributed by atoms with E-state index in [1.165, 1.54) is 11.1 Å². The number of carboxylic acids is 1. The molecule has 4 rings (SSSR count). The lowest BCUT2D eigenvalue weighted by atomic mass is 9.98. The summed E-state index contributed by atoms with van der Waals surface area (Å²) in [4.78, 5) is 36.3. The minimum Gasteiger partial charge on any atom is -0.481 e. The second-order valence-electron chi connectivity index (χ2n) is 9.25. The molecule has 3 N–H and O–H groups in total. The maximum Gasteiger partial charge on any atom is 0.407 e. The number of amides is 2. The zero-order valence-corrected chi connectivity index (χ0v) is 20.0. The van der Waals surface area contributed by atoms with E-state index in [0.29, 0.717) is 24.8 Å². The van der Waals surface area contributed by atoms with E-state index in [1.807, 2.05) is 31.2 Å². The molecule has 2 amide bonds. The number of benzene rings is 2. The second kappa shape index (κ2) is 11.2. The van der Waals surface area contributed by atoms with Gasteiger partial charge < -0.3 is 20.5 Å². The molecule has 2 aliphatic rings. The fourth-order valence-electron chi connectivity index (χ4n) is 4.98. The normalized spacial score (nSPS) is 17.2. The summed E-state index contributed by atoms with van der Waals surface area (Å²) in [6, 6.07) is 15.7. The van der Waals surface area contributed by atoms with Gasteiger partial charge in [0.15, 0.2) is 0 Å². The molecule has 35 heavy (non-hydrogen) atoms. The van der Waals surface area contributed by atoms with Gasteiger partial charge in [0.1, 0.15) is 6.61 Å². The molecule has 0 radical (unpaired) electrons. The van der Waals surface area contributed by atoms with Crippen molar-refractivity contribution in [2.75, 3.05) is 6.61 Å². The molecule has 2 unspecified atom stereocenters. The largest absolute Gasteiger partial charge is 0.481 e. The summed E-state index contributed by atoms with van der Waals surface area (Å²) in [6.07, 6.45) is 4.54. The van der Waals surface area contributed by atoms with E-state index in [9.17, 15) is 14.4 Å². The summed E-state index contributed by atoms with van der Waals surface area (Å²) >= 11 is 0. The Morgan fingerprint density at radius 2 is 1.71 bits per heavy atom. The smallest absolute Gasteiger partial charge is 0.407 e. The number of nitrogens with one attached hydrogen (secondary N) is 2. The van der Waals surface area contributed by atoms with Crippen molar-refractivity contribution >= 4 is 18.0 Å². The molecule has 0 bridgehead atoms. The molecule has 0 fully saturated rings. The highest BCUT2D eigenvalue weighted by atomic mass is 16.5. The number of hydrogen-bond donors (Lipinski definition) is 3. The number of unbranched alkanes of at least 4 members (excludes halogenated alkanes) is 1. The molecular weight excluding hydrogens is 444 g/mol. The van der Waals surface area contributed by atoms with Gasteiger partial charge in [-0.05, 0) is 41.5 Å². The third kappa shape index (κ3) is 5.91. The number of carbonyl (C=O) groups excluding carboxylic acids is 2. The first-order chi connectivity index (χ1) is 17.0. The van der Waals surface area contributed by atoms with Crippen LogP contribution in [0.2, 0.25) is 0 Å². The SMILES string of the molecule is CCCCC(CC(=O)O)NC(=O)C1=CCC(NC(=O)OCC2c3ccccc3-c3ccccc32)C1. The lowest BCUT2D eigenvalue weighted by Crippen LogP contribution is -2.38. The number of carboxylic acid groups (broad SMARTS) is 1. The summed E-state index contributed by atoms with van der Waals surface area (Å²) in [5.41, 5.74) is 5.23. The van der Waals surface area contributed by atoms with E-state index < -0.39 is 18.1 Å². The van der Waals surface area contributed by atoms with E-state index in [0.717, 1.165) is 24.0 Å². The second-order valence-corrected chi connectivity index (χ2v) is 9.25. The predicted octanol–water partition coefficient (Wildman–Crippen LogP) is 4.76. The molecule has 7 heteroatoms. The van der Waals surface area contributed by atoms with Crippen molar-refractivity contribution in [3.63, 3.8) is 0 Å². The Labute approximate surface area is 205 Å². The van der Waals surface area contributed by atoms with E-state index in [2.05, 4.69) is 34.9 Å². The average molecular weight is 477 g/mol. The number of alkyl carbamates (subject to hydrolysis) is 1. The van der Waals surface area contributed by atoms with Crippen LogP contribution in [0.3, 0.4) is 0 Å². The number of ether oxygens (including phenoxy) is 1. The molecule has 2 aromatic rings. The van der Waals surface area contributed by atoms with Crippen LogP contribution in [0.1, 0.15) is 62.5 Å². The van der Waals surface area contributed by atoms with Crippen LogP contribution in [0.15, 0.2) is 60.2 Å². The first-order valence-corrected chi connectivity index (χ1v) is 12.3. The molecule has 184 valence electrons. The summed E-state index contributed by atoms with van der Waals surface area (Å²) in [6.45, 7) is 2.26. The standard InChI is InChI=1S/C28H32N2O5/c1-2-3-8-19(16-26(31)32)29-27(33)18-13-14-20(15-18)30-28(34)35-17-25-23-11-6-4-9-21(23)22-10-5-7-12-24(22)25/h4-7,9-13,19-20,25H,2-3,8,14-17H2,1H3,(H,29,33)(H,30,34)(H,31,32). The average Bonchev–Trinajstić information content (AvgIpc) is 3.43. The summed E-state index contributed by atoms with van der Waals surface area (Å²) < 4.78 is 5.61. The molecule has 2 atom stereocenters. The van der Waals surface area contributed by atoms with Gasteiger partial charge >= 0.3 is 12.1 Å². The third-order valence-electron chi connectivity index (χ3n) is 6.73. The zero-order valence-electron chi connectivity index (χ0n) is 20.0. The lowest BCUT2D eigenvalue weighted by Gasteiger charge is -2.18. The van der Waals surface area contributed by atoms with Gasteiger partial charge in [-0.15, -0.1) is 0 Å². The fourth-order valence-corrected chi connectivity index (χ4v) is 4.98. The van der Waals surface area contributed by atoms with Gasteiger partial charge in [-0.2, -0.15) is 0 Å². The maximum absolute atomic E-state index is 12.6. The van der Waals surface area contributed by atoms with Gasteiger partial charge in [0.25, 0.3) is 0 Å². The molecule has 0 spiro atoms. The predicted molar refractivity (Wildman–Crippen MR) is 133 cm³/mol. The Morgan fingerprint density at radius 3 is 2.34 bits per heavy atom. The molecule has 0 saturated carbocycles. The van der Waals surface area contributed by atoms with E-state index in [-0.39, 0.29) is 30.9 Å². The van der Waals surface area contributed by atoms with E-state index in [1.54, 1.807) is 6.08 Å². The maximum atomic E-state index is 12.6. The first-order valence-electron chi connectivity index (χ1n) is 12.3. The Bertz CT molecular complexity index is 1080. The minimum absolute atomic E-state index is 0.00881. The lowest BCUT2D eigenvalue weighted by molar-refractivity contribution is -0.137. The van der Waals surface area contributed by atoms with Crippen LogP contribution in [-0.2, 0) is 14.3 Å². The molecule has 7 nitrogen and oxygen atoms in total. The van der Waals surface area contributed by atoms with Crippen LogP contribution in [0.5, 0.6) is 0 Å². The Morgan fingerprint density at radius 1 is 1.06 bits per heavy atom. The van der Waals surface area contributed by atoms with Crippen molar-refractivity contribution < 1.29 is 24.2 Å². The van der Waals surface area contributed by atoms with Crippen molar-refractivity contribution in [1.82, 2.24) is 10.6 Å². The Hall–Kier alpha value is -3.61. The van der Waals surface area contributed by atoms with Crippen molar-refractivity contribution in [1.29, 1.82) is 0 Å². The van der Waals surface area contributed by atoms with Crippen molar-refractivity contribution in [2.24, 2.45) is 0 Å². The highest BCUT2D eigenvalue weighted by molar-refractivity contribution is 5.94. The van der Waals surface area contributed by atoms with Crippen LogP contribution in [-0.4, -0.2) is 41.8 Å². The van der Waals surface area contributed by atoms with Gasteiger partial charge in [-0.1, -0.05) is 74.4 Å². The van der Waals surface area contributed by atoms with E-state index in [4.69, 9.17) is 9.84 Å². The molecule has 2 aromatic carbocycles. The van der Waals surface area contributed by atoms with Gasteiger partial charge in [0.05, 0.1) is 6.42 Å². The molecule has 2 aliphatic carbocycles. The van der Waals surface area contributed by atoms with E-state index >= 15 is 0 Å². The van der Waals surface area contributed by atoms with Crippen molar-refractivity contribution in [3.8, 4) is 11.1 Å². The van der Waals surface area contributed by atoms with Gasteiger partial charge in [0, 0.05) is 23.6 Å². The van der Waals surface area contributed by atoms with Gasteiger partial charge in [-0.3, -0.25) is 9.59 Å². The zero-order chi connectivity index (χ0) is 24.8. The minimum atomic E-state index is -0.929. The molecule has 0 heterocycles. The van der Waals surface area contributed by atoms with Crippen LogP contribution in [0, 0.1) is 0 Å². The molecule has 0 aliphatic heterocycles. The topological polar surface area (TPSA) is 105 Å². The molecule has 0 aromatic heterocycles. The molecular formula is C28H32N2O5. The number of fused-ring (bicyclic) bond motifs is 3. The van der Waals surface area contributed by atoms with Crippen molar-refractivity contribution in [2.45, 2.75) is 63.5 Å².